The van der Waals surface area contributed by atoms with Gasteiger partial charge in [0, 0.05) is 18.6 Å². The first kappa shape index (κ1) is 20.5. The first-order valence-corrected chi connectivity index (χ1v) is 11.3. The predicted octanol–water partition coefficient (Wildman–Crippen LogP) is 3.19. The van der Waals surface area contributed by atoms with Crippen molar-refractivity contribution in [3.05, 3.63) is 39.8 Å². The third-order valence-corrected chi connectivity index (χ3v) is 6.43. The number of rotatable bonds is 8. The topological polar surface area (TPSA) is 102 Å². The van der Waals surface area contributed by atoms with Crippen LogP contribution in [0.3, 0.4) is 0 Å². The Morgan fingerprint density at radius 1 is 1.25 bits per heavy atom. The van der Waals surface area contributed by atoms with Crippen LogP contribution in [0.4, 0.5) is 5.13 Å². The van der Waals surface area contributed by atoms with E-state index >= 15 is 0 Å². The zero-order chi connectivity index (χ0) is 20.1. The van der Waals surface area contributed by atoms with Gasteiger partial charge in [-0.15, -0.1) is 32.9 Å². The lowest BCUT2D eigenvalue weighted by atomic mass is 10.0. The van der Waals surface area contributed by atoms with Gasteiger partial charge in [0.05, 0.1) is 16.7 Å². The molecule has 0 aliphatic heterocycles. The number of amides is 2. The summed E-state index contributed by atoms with van der Waals surface area (Å²) in [7, 11) is 1.84. The smallest absolute Gasteiger partial charge is 0.261 e. The van der Waals surface area contributed by atoms with Gasteiger partial charge in [-0.2, -0.15) is 0 Å². The summed E-state index contributed by atoms with van der Waals surface area (Å²) in [5.74, 6) is 0.685. The summed E-state index contributed by atoms with van der Waals surface area (Å²) in [5, 5.41) is 19.1. The van der Waals surface area contributed by atoms with E-state index in [1.165, 1.54) is 34.4 Å². The summed E-state index contributed by atoms with van der Waals surface area (Å²) in [6.45, 7) is 4.03. The van der Waals surface area contributed by atoms with Crippen molar-refractivity contribution in [2.45, 2.75) is 25.0 Å². The molecule has 2 amide bonds. The van der Waals surface area contributed by atoms with E-state index in [-0.39, 0.29) is 29.5 Å². The molecule has 3 aromatic rings. The summed E-state index contributed by atoms with van der Waals surface area (Å²) in [6, 6.07) is 3.35. The fourth-order valence-corrected chi connectivity index (χ4v) is 4.33. The van der Waals surface area contributed by atoms with E-state index < -0.39 is 0 Å². The van der Waals surface area contributed by atoms with E-state index in [4.69, 9.17) is 0 Å². The molecule has 2 N–H and O–H groups in total. The molecule has 28 heavy (non-hydrogen) atoms. The number of aromatic nitrogens is 4. The molecular formula is C17H20N6O2S3. The number of carbonyl (C=O) groups excluding carboxylic acids is 2. The summed E-state index contributed by atoms with van der Waals surface area (Å²) < 4.78 is 1.82. The molecule has 0 spiro atoms. The van der Waals surface area contributed by atoms with Gasteiger partial charge < -0.3 is 15.2 Å². The third kappa shape index (κ3) is 4.97. The van der Waals surface area contributed by atoms with Crippen molar-refractivity contribution in [2.75, 3.05) is 11.1 Å². The average molecular weight is 437 g/mol. The van der Waals surface area contributed by atoms with Crippen molar-refractivity contribution in [3.8, 4) is 0 Å². The van der Waals surface area contributed by atoms with Crippen LogP contribution < -0.4 is 10.6 Å². The Morgan fingerprint density at radius 2 is 2.07 bits per heavy atom. The molecule has 0 saturated heterocycles. The Bertz CT molecular complexity index is 921. The van der Waals surface area contributed by atoms with Gasteiger partial charge in [0.1, 0.15) is 0 Å². The Hall–Kier alpha value is -2.24. The fourth-order valence-electron chi connectivity index (χ4n) is 2.44. The zero-order valence-electron chi connectivity index (χ0n) is 15.6. The van der Waals surface area contributed by atoms with Gasteiger partial charge in [-0.05, 0) is 17.4 Å². The van der Waals surface area contributed by atoms with Crippen molar-refractivity contribution in [3.63, 3.8) is 0 Å². The molecule has 148 valence electrons. The van der Waals surface area contributed by atoms with Crippen LogP contribution in [0.15, 0.2) is 34.2 Å². The SMILES string of the molecule is CC(C)[C@H](NC(=O)c1cccs1)c1nnc(SCC(=O)Nc2nccs2)n1C. The molecule has 8 nitrogen and oxygen atoms in total. The minimum absolute atomic E-state index is 0.123. The molecule has 0 unspecified atom stereocenters. The first-order chi connectivity index (χ1) is 13.5. The summed E-state index contributed by atoms with van der Waals surface area (Å²) in [4.78, 5) is 29.2. The maximum absolute atomic E-state index is 12.5. The normalized spacial score (nSPS) is 12.1. The van der Waals surface area contributed by atoms with Crippen LogP contribution in [-0.2, 0) is 11.8 Å². The second-order valence-electron chi connectivity index (χ2n) is 6.25. The van der Waals surface area contributed by atoms with Gasteiger partial charge in [-0.1, -0.05) is 31.7 Å². The molecule has 1 atom stereocenters. The Morgan fingerprint density at radius 3 is 2.71 bits per heavy atom. The van der Waals surface area contributed by atoms with Crippen molar-refractivity contribution < 1.29 is 9.59 Å². The standard InChI is InChI=1S/C17H20N6O2S3/c1-10(2)13(20-15(25)11-5-4-7-26-11)14-21-22-17(23(14)3)28-9-12(24)19-16-18-6-8-27-16/h4-8,10,13H,9H2,1-3H3,(H,20,25)(H,18,19,24)/t13-/m0/s1. The number of nitrogens with zero attached hydrogens (tertiary/aromatic N) is 4. The maximum atomic E-state index is 12.5. The van der Waals surface area contributed by atoms with Gasteiger partial charge in [-0.3, -0.25) is 9.59 Å². The largest absolute Gasteiger partial charge is 0.341 e. The van der Waals surface area contributed by atoms with Gasteiger partial charge in [0.15, 0.2) is 16.1 Å². The number of thiophene rings is 1. The number of nitrogens with one attached hydrogen (secondary N) is 2. The summed E-state index contributed by atoms with van der Waals surface area (Å²) >= 11 is 4.05. The van der Waals surface area contributed by atoms with Crippen molar-refractivity contribution >= 4 is 51.4 Å². The molecule has 3 aromatic heterocycles. The lowest BCUT2D eigenvalue weighted by Gasteiger charge is -2.21. The second-order valence-corrected chi connectivity index (χ2v) is 9.03. The first-order valence-electron chi connectivity index (χ1n) is 8.51. The number of thioether (sulfide) groups is 1. The maximum Gasteiger partial charge on any atom is 0.261 e. The average Bonchev–Trinajstić information content (AvgIpc) is 3.41. The summed E-state index contributed by atoms with van der Waals surface area (Å²) in [5.41, 5.74) is 0. The molecule has 0 radical (unpaired) electrons. The zero-order valence-corrected chi connectivity index (χ0v) is 18.0. The van der Waals surface area contributed by atoms with Gasteiger partial charge in [0.2, 0.25) is 5.91 Å². The van der Waals surface area contributed by atoms with Gasteiger partial charge in [-0.25, -0.2) is 4.98 Å². The van der Waals surface area contributed by atoms with Crippen LogP contribution in [0, 0.1) is 5.92 Å². The quantitative estimate of drug-likeness (QED) is 0.526. The van der Waals surface area contributed by atoms with Crippen LogP contribution in [-0.4, -0.2) is 37.3 Å². The van der Waals surface area contributed by atoms with E-state index in [0.29, 0.717) is 21.0 Å². The highest BCUT2D eigenvalue weighted by Gasteiger charge is 2.25. The number of hydrogen-bond donors (Lipinski definition) is 2. The molecule has 0 saturated carbocycles. The number of carbonyl (C=O) groups is 2. The van der Waals surface area contributed by atoms with Crippen molar-refractivity contribution in [1.29, 1.82) is 0 Å². The van der Waals surface area contributed by atoms with Gasteiger partial charge >= 0.3 is 0 Å². The Balaban J connectivity index is 1.65. The molecular weight excluding hydrogens is 416 g/mol. The second kappa shape index (κ2) is 9.30. The lowest BCUT2D eigenvalue weighted by molar-refractivity contribution is -0.113. The van der Waals surface area contributed by atoms with Crippen LogP contribution >= 0.6 is 34.4 Å². The molecule has 0 aromatic carbocycles. The third-order valence-electron chi connectivity index (χ3n) is 3.86. The monoisotopic (exact) mass is 436 g/mol. The molecule has 3 rings (SSSR count). The van der Waals surface area contributed by atoms with E-state index in [9.17, 15) is 9.59 Å². The van der Waals surface area contributed by atoms with Crippen LogP contribution in [0.5, 0.6) is 0 Å². The van der Waals surface area contributed by atoms with Crippen molar-refractivity contribution in [2.24, 2.45) is 13.0 Å². The molecule has 3 heterocycles. The molecule has 0 fully saturated rings. The van der Waals surface area contributed by atoms with Crippen molar-refractivity contribution in [1.82, 2.24) is 25.1 Å². The predicted molar refractivity (Wildman–Crippen MR) is 112 cm³/mol. The van der Waals surface area contributed by atoms with E-state index in [1.807, 2.05) is 36.9 Å². The minimum Gasteiger partial charge on any atom is -0.341 e. The van der Waals surface area contributed by atoms with Crippen LogP contribution in [0.25, 0.3) is 0 Å². The Labute approximate surface area is 174 Å². The highest BCUT2D eigenvalue weighted by molar-refractivity contribution is 7.99. The molecule has 11 heteroatoms. The minimum atomic E-state index is -0.286. The fraction of sp³-hybridized carbons (Fsp3) is 0.353. The number of thiazole rings is 1. The van der Waals surface area contributed by atoms with Crippen LogP contribution in [0.2, 0.25) is 0 Å². The van der Waals surface area contributed by atoms with Crippen LogP contribution in [0.1, 0.15) is 35.4 Å². The van der Waals surface area contributed by atoms with E-state index in [0.717, 1.165) is 0 Å². The highest BCUT2D eigenvalue weighted by Crippen LogP contribution is 2.25. The molecule has 0 aliphatic carbocycles. The number of hydrogen-bond acceptors (Lipinski definition) is 8. The van der Waals surface area contributed by atoms with E-state index in [2.05, 4.69) is 25.8 Å². The van der Waals surface area contributed by atoms with E-state index in [1.54, 1.807) is 17.6 Å². The lowest BCUT2D eigenvalue weighted by Crippen LogP contribution is -2.33. The molecule has 0 bridgehead atoms. The molecule has 0 aliphatic rings. The number of anilines is 1. The Kier molecular flexibility index (Phi) is 6.81. The highest BCUT2D eigenvalue weighted by atomic mass is 32.2. The van der Waals surface area contributed by atoms with Gasteiger partial charge in [0.25, 0.3) is 5.91 Å². The summed E-state index contributed by atoms with van der Waals surface area (Å²) in [6.07, 6.45) is 1.64.